The number of imidazole rings is 1. The van der Waals surface area contributed by atoms with Crippen LogP contribution in [0, 0.1) is 5.82 Å². The number of piperazine rings is 1. The lowest BCUT2D eigenvalue weighted by Gasteiger charge is -2.37. The Morgan fingerprint density at radius 1 is 1.03 bits per heavy atom. The molecule has 1 fully saturated rings. The van der Waals surface area contributed by atoms with Crippen molar-refractivity contribution < 1.29 is 18.7 Å². The first kappa shape index (κ1) is 27.9. The number of halogens is 1. The second-order valence-electron chi connectivity index (χ2n) is 10.3. The molecule has 1 saturated heterocycles. The number of aromatic nitrogens is 4. The minimum absolute atomic E-state index is 0.253. The molecular weight excluding hydrogens is 501 g/mol. The van der Waals surface area contributed by atoms with Gasteiger partial charge in [0.05, 0.1) is 17.4 Å². The molecule has 2 aromatic carbocycles. The number of anilines is 2. The lowest BCUT2D eigenvalue weighted by Crippen LogP contribution is -2.50. The molecule has 2 amide bonds. The Labute approximate surface area is 227 Å². The number of hydrogen-bond donors (Lipinski definition) is 1. The summed E-state index contributed by atoms with van der Waals surface area (Å²) in [7, 11) is 3.57. The normalized spacial score (nSPS) is 13.8. The number of carbonyl (C=O) groups is 2. The summed E-state index contributed by atoms with van der Waals surface area (Å²) in [6.07, 6.45) is 3.10. The van der Waals surface area contributed by atoms with Crippen molar-refractivity contribution in [2.75, 3.05) is 36.4 Å². The van der Waals surface area contributed by atoms with Crippen molar-refractivity contribution in [2.24, 2.45) is 14.1 Å². The summed E-state index contributed by atoms with van der Waals surface area (Å²) in [5.74, 6) is -0.886. The maximum absolute atomic E-state index is 14.5. The number of ether oxygens (including phenoxy) is 1. The van der Waals surface area contributed by atoms with Crippen molar-refractivity contribution >= 4 is 45.3 Å². The predicted octanol–water partition coefficient (Wildman–Crippen LogP) is 4.93. The van der Waals surface area contributed by atoms with Gasteiger partial charge in [-0.25, -0.2) is 14.2 Å². The summed E-state index contributed by atoms with van der Waals surface area (Å²) < 4.78 is 23.4. The van der Waals surface area contributed by atoms with Crippen molar-refractivity contribution in [2.45, 2.75) is 40.2 Å². The van der Waals surface area contributed by atoms with Crippen LogP contribution >= 0.6 is 0 Å². The summed E-state index contributed by atoms with van der Waals surface area (Å²) in [4.78, 5) is 33.6. The summed E-state index contributed by atoms with van der Waals surface area (Å²) in [6, 6.07) is 6.59. The van der Waals surface area contributed by atoms with Gasteiger partial charge in [0.15, 0.2) is 5.82 Å². The Kier molecular flexibility index (Phi) is 7.80. The number of carbonyl (C=O) groups excluding carboxylic acids is 2. The minimum Gasteiger partial charge on any atom is -0.444 e. The Morgan fingerprint density at radius 2 is 1.72 bits per heavy atom. The van der Waals surface area contributed by atoms with Gasteiger partial charge in [0.1, 0.15) is 16.6 Å². The van der Waals surface area contributed by atoms with Gasteiger partial charge >= 0.3 is 6.09 Å². The number of benzene rings is 2. The molecule has 0 atom stereocenters. The summed E-state index contributed by atoms with van der Waals surface area (Å²) in [5.41, 5.74) is 2.51. The average molecular weight is 538 g/mol. The van der Waals surface area contributed by atoms with Gasteiger partial charge in [-0.1, -0.05) is 13.8 Å². The van der Waals surface area contributed by atoms with Crippen LogP contribution in [0.4, 0.5) is 20.6 Å². The Balaban J connectivity index is 0.00000172. The number of hydrogen-bond acceptors (Lipinski definition) is 6. The average Bonchev–Trinajstić information content (AvgIpc) is 3.46. The van der Waals surface area contributed by atoms with Crippen molar-refractivity contribution in [1.29, 1.82) is 0 Å². The molecule has 10 nitrogen and oxygen atoms in total. The zero-order chi connectivity index (χ0) is 28.5. The SMILES string of the molecule is CC.Cn1cc2c(N3CCN(C(=O)OC(C)(C)C)CC3)ccc(C(=O)Nc3cc(F)c4ncn(C)c4c3)c2n1. The van der Waals surface area contributed by atoms with Crippen molar-refractivity contribution in [3.63, 3.8) is 0 Å². The highest BCUT2D eigenvalue weighted by Gasteiger charge is 2.27. The lowest BCUT2D eigenvalue weighted by molar-refractivity contribution is 0.0240. The van der Waals surface area contributed by atoms with E-state index in [1.165, 1.54) is 12.4 Å². The van der Waals surface area contributed by atoms with E-state index in [1.807, 2.05) is 46.9 Å². The van der Waals surface area contributed by atoms with Gasteiger partial charge in [-0.05, 0) is 45.0 Å². The molecular formula is C28H36FN7O3. The van der Waals surface area contributed by atoms with Gasteiger partial charge in [0.25, 0.3) is 5.91 Å². The smallest absolute Gasteiger partial charge is 0.410 e. The highest BCUT2D eigenvalue weighted by atomic mass is 19.1. The van der Waals surface area contributed by atoms with Crippen molar-refractivity contribution in [3.05, 3.63) is 48.2 Å². The molecule has 0 aliphatic carbocycles. The van der Waals surface area contributed by atoms with E-state index >= 15 is 0 Å². The first-order chi connectivity index (χ1) is 18.5. The first-order valence-corrected chi connectivity index (χ1v) is 13.1. The molecule has 3 heterocycles. The molecule has 0 spiro atoms. The Hall–Kier alpha value is -4.15. The number of nitrogens with zero attached hydrogens (tertiary/aromatic N) is 6. The molecule has 5 rings (SSSR count). The van der Waals surface area contributed by atoms with Gasteiger partial charge < -0.3 is 24.4 Å². The molecule has 0 unspecified atom stereocenters. The number of fused-ring (bicyclic) bond motifs is 2. The van der Waals surface area contributed by atoms with Gasteiger partial charge in [0, 0.05) is 63.2 Å². The summed E-state index contributed by atoms with van der Waals surface area (Å²) >= 11 is 0. The van der Waals surface area contributed by atoms with E-state index in [2.05, 4.69) is 20.3 Å². The van der Waals surface area contributed by atoms with Gasteiger partial charge in [-0.3, -0.25) is 9.48 Å². The largest absolute Gasteiger partial charge is 0.444 e. The van der Waals surface area contributed by atoms with Crippen LogP contribution in [0.15, 0.2) is 36.8 Å². The van der Waals surface area contributed by atoms with Gasteiger partial charge in [-0.15, -0.1) is 0 Å². The molecule has 1 N–H and O–H groups in total. The minimum atomic E-state index is -0.540. The van der Waals surface area contributed by atoms with Crippen LogP contribution in [0.5, 0.6) is 0 Å². The second kappa shape index (κ2) is 10.9. The zero-order valence-corrected chi connectivity index (χ0v) is 23.6. The maximum atomic E-state index is 14.5. The van der Waals surface area contributed by atoms with Crippen molar-refractivity contribution in [1.82, 2.24) is 24.2 Å². The molecule has 39 heavy (non-hydrogen) atoms. The van der Waals surface area contributed by atoms with Crippen LogP contribution in [-0.2, 0) is 18.8 Å². The number of amides is 2. The fraction of sp³-hybridized carbons (Fsp3) is 0.429. The van der Waals surface area contributed by atoms with Crippen LogP contribution in [0.1, 0.15) is 45.0 Å². The fourth-order valence-corrected chi connectivity index (χ4v) is 4.58. The third kappa shape index (κ3) is 5.81. The van der Waals surface area contributed by atoms with E-state index < -0.39 is 11.4 Å². The third-order valence-corrected chi connectivity index (χ3v) is 6.33. The third-order valence-electron chi connectivity index (χ3n) is 6.33. The van der Waals surface area contributed by atoms with Crippen LogP contribution in [0.3, 0.4) is 0 Å². The number of nitrogens with one attached hydrogen (secondary N) is 1. The van der Waals surface area contributed by atoms with E-state index in [4.69, 9.17) is 4.74 Å². The molecule has 2 aromatic heterocycles. The highest BCUT2D eigenvalue weighted by Crippen LogP contribution is 2.31. The van der Waals surface area contributed by atoms with Crippen LogP contribution < -0.4 is 10.2 Å². The molecule has 0 radical (unpaired) electrons. The summed E-state index contributed by atoms with van der Waals surface area (Å²) in [6.45, 7) is 11.9. The lowest BCUT2D eigenvalue weighted by atomic mass is 10.1. The molecule has 1 aliphatic heterocycles. The van der Waals surface area contributed by atoms with Crippen LogP contribution in [-0.4, -0.2) is 68.0 Å². The van der Waals surface area contributed by atoms with Gasteiger partial charge in [0.2, 0.25) is 0 Å². The number of aryl methyl sites for hydroxylation is 2. The van der Waals surface area contributed by atoms with Gasteiger partial charge in [-0.2, -0.15) is 5.10 Å². The van der Waals surface area contributed by atoms with E-state index in [0.717, 1.165) is 11.1 Å². The molecule has 4 aromatic rings. The predicted molar refractivity (Wildman–Crippen MR) is 151 cm³/mol. The van der Waals surface area contributed by atoms with E-state index in [1.54, 1.807) is 40.4 Å². The molecule has 0 bridgehead atoms. The highest BCUT2D eigenvalue weighted by molar-refractivity contribution is 6.14. The molecule has 208 valence electrons. The molecule has 0 saturated carbocycles. The fourth-order valence-electron chi connectivity index (χ4n) is 4.58. The molecule has 11 heteroatoms. The molecule has 1 aliphatic rings. The summed E-state index contributed by atoms with van der Waals surface area (Å²) in [5, 5.41) is 8.18. The monoisotopic (exact) mass is 537 g/mol. The topological polar surface area (TPSA) is 97.5 Å². The quantitative estimate of drug-likeness (QED) is 0.398. The second-order valence-corrected chi connectivity index (χ2v) is 10.3. The Morgan fingerprint density at radius 3 is 2.38 bits per heavy atom. The van der Waals surface area contributed by atoms with E-state index in [9.17, 15) is 14.0 Å². The van der Waals surface area contributed by atoms with E-state index in [-0.39, 0.29) is 17.5 Å². The standard InChI is InChI=1S/C26H30FN7O3.C2H6/c1-26(2,3)37-25(36)34-10-8-33(9-11-34)20-7-6-17(22-18(20)14-32(5)30-22)24(35)29-16-12-19(27)23-21(13-16)31(4)15-28-23;1-2/h6-7,12-15H,8-11H2,1-5H3,(H,29,35);1-2H3. The maximum Gasteiger partial charge on any atom is 0.410 e. The van der Waals surface area contributed by atoms with Crippen LogP contribution in [0.25, 0.3) is 21.9 Å². The Bertz CT molecular complexity index is 1510. The number of rotatable bonds is 3. The zero-order valence-electron chi connectivity index (χ0n) is 23.6. The van der Waals surface area contributed by atoms with Crippen LogP contribution in [0.2, 0.25) is 0 Å². The van der Waals surface area contributed by atoms with Crippen molar-refractivity contribution in [3.8, 4) is 0 Å². The first-order valence-electron chi connectivity index (χ1n) is 13.1. The van der Waals surface area contributed by atoms with E-state index in [0.29, 0.717) is 48.5 Å².